The van der Waals surface area contributed by atoms with Crippen LogP contribution in [0.2, 0.25) is 0 Å². The first kappa shape index (κ1) is 18.1. The van der Waals surface area contributed by atoms with Crippen molar-refractivity contribution >= 4 is 11.8 Å². The van der Waals surface area contributed by atoms with Crippen LogP contribution in [0.1, 0.15) is 23.0 Å². The zero-order valence-corrected chi connectivity index (χ0v) is 14.7. The van der Waals surface area contributed by atoms with Gasteiger partial charge in [-0.25, -0.2) is 4.39 Å². The smallest absolute Gasteiger partial charge is 0.289 e. The van der Waals surface area contributed by atoms with Gasteiger partial charge in [0.2, 0.25) is 5.91 Å². The van der Waals surface area contributed by atoms with Crippen molar-refractivity contribution in [2.24, 2.45) is 0 Å². The summed E-state index contributed by atoms with van der Waals surface area (Å²) in [5.74, 6) is -0.223. The first-order valence-electron chi connectivity index (χ1n) is 8.63. The Balaban J connectivity index is 1.47. The molecule has 1 aliphatic rings. The summed E-state index contributed by atoms with van der Waals surface area (Å²) in [5.41, 5.74) is 0.722. The van der Waals surface area contributed by atoms with E-state index >= 15 is 0 Å². The van der Waals surface area contributed by atoms with Gasteiger partial charge in [0.1, 0.15) is 5.82 Å². The highest BCUT2D eigenvalue weighted by Gasteiger charge is 2.28. The lowest BCUT2D eigenvalue weighted by molar-refractivity contribution is -0.126. The summed E-state index contributed by atoms with van der Waals surface area (Å²) < 4.78 is 18.3. The van der Waals surface area contributed by atoms with Gasteiger partial charge < -0.3 is 14.6 Å². The van der Waals surface area contributed by atoms with Gasteiger partial charge in [0.25, 0.3) is 5.91 Å². The second-order valence-electron chi connectivity index (χ2n) is 6.33. The van der Waals surface area contributed by atoms with E-state index in [1.54, 1.807) is 29.2 Å². The van der Waals surface area contributed by atoms with Gasteiger partial charge in [0, 0.05) is 32.7 Å². The van der Waals surface area contributed by atoms with Gasteiger partial charge in [-0.3, -0.25) is 14.5 Å². The van der Waals surface area contributed by atoms with Crippen LogP contribution in [0, 0.1) is 5.82 Å². The molecule has 3 rings (SSSR count). The van der Waals surface area contributed by atoms with Crippen molar-refractivity contribution < 1.29 is 18.4 Å². The molecule has 1 atom stereocenters. The molecule has 138 valence electrons. The number of benzene rings is 1. The largest absolute Gasteiger partial charge is 0.459 e. The fourth-order valence-electron chi connectivity index (χ4n) is 3.02. The van der Waals surface area contributed by atoms with Crippen molar-refractivity contribution in [3.8, 4) is 0 Å². The molecule has 7 heteroatoms. The van der Waals surface area contributed by atoms with Gasteiger partial charge in [-0.15, -0.1) is 0 Å². The molecule has 0 aliphatic carbocycles. The molecule has 0 unspecified atom stereocenters. The number of halogens is 1. The molecule has 1 aromatic carbocycles. The Hall–Kier alpha value is -2.67. The normalized spacial score (nSPS) is 16.3. The second-order valence-corrected chi connectivity index (χ2v) is 6.33. The van der Waals surface area contributed by atoms with E-state index in [0.29, 0.717) is 31.9 Å². The van der Waals surface area contributed by atoms with Crippen molar-refractivity contribution in [1.82, 2.24) is 15.1 Å². The molecular weight excluding hydrogens is 337 g/mol. The zero-order chi connectivity index (χ0) is 18.5. The van der Waals surface area contributed by atoms with Gasteiger partial charge >= 0.3 is 0 Å². The van der Waals surface area contributed by atoms with Gasteiger partial charge in [-0.05, 0) is 36.8 Å². The number of nitrogens with one attached hydrogen (secondary N) is 1. The van der Waals surface area contributed by atoms with Crippen molar-refractivity contribution in [3.63, 3.8) is 0 Å². The number of amides is 2. The van der Waals surface area contributed by atoms with Crippen LogP contribution in [0.15, 0.2) is 47.1 Å². The lowest BCUT2D eigenvalue weighted by atomic mass is 10.2. The standard InChI is InChI=1S/C19H22FN3O3/c1-14(18(24)21-13-15-4-2-5-16(20)12-15)22-7-9-23(10-8-22)19(25)17-6-3-11-26-17/h2-6,11-12,14H,7-10,13H2,1H3,(H,21,24)/t14-/m0/s1. The molecule has 1 aliphatic heterocycles. The van der Waals surface area contributed by atoms with Crippen LogP contribution in [0.3, 0.4) is 0 Å². The fraction of sp³-hybridized carbons (Fsp3) is 0.368. The van der Waals surface area contributed by atoms with Crippen molar-refractivity contribution in [1.29, 1.82) is 0 Å². The molecule has 0 saturated carbocycles. The molecule has 0 spiro atoms. The van der Waals surface area contributed by atoms with Crippen LogP contribution in [0.4, 0.5) is 4.39 Å². The van der Waals surface area contributed by atoms with E-state index in [9.17, 15) is 14.0 Å². The summed E-state index contributed by atoms with van der Waals surface area (Å²) in [6, 6.07) is 9.19. The quantitative estimate of drug-likeness (QED) is 0.885. The van der Waals surface area contributed by atoms with E-state index < -0.39 is 0 Å². The van der Waals surface area contributed by atoms with E-state index in [2.05, 4.69) is 5.32 Å². The monoisotopic (exact) mass is 359 g/mol. The predicted octanol–water partition coefficient (Wildman–Crippen LogP) is 1.88. The Morgan fingerprint density at radius 1 is 1.19 bits per heavy atom. The number of carbonyl (C=O) groups excluding carboxylic acids is 2. The topological polar surface area (TPSA) is 65.8 Å². The highest BCUT2D eigenvalue weighted by Crippen LogP contribution is 2.12. The van der Waals surface area contributed by atoms with E-state index in [-0.39, 0.29) is 30.2 Å². The Morgan fingerprint density at radius 2 is 1.96 bits per heavy atom. The van der Waals surface area contributed by atoms with Gasteiger partial charge in [0.15, 0.2) is 5.76 Å². The molecule has 1 fully saturated rings. The molecule has 1 saturated heterocycles. The Morgan fingerprint density at radius 3 is 2.62 bits per heavy atom. The van der Waals surface area contributed by atoms with E-state index in [1.807, 2.05) is 11.8 Å². The summed E-state index contributed by atoms with van der Waals surface area (Å²) in [7, 11) is 0. The molecular formula is C19H22FN3O3. The van der Waals surface area contributed by atoms with Gasteiger partial charge in [-0.1, -0.05) is 12.1 Å². The second kappa shape index (κ2) is 8.14. The molecule has 2 heterocycles. The number of hydrogen-bond acceptors (Lipinski definition) is 4. The number of piperazine rings is 1. The predicted molar refractivity (Wildman–Crippen MR) is 93.9 cm³/mol. The van der Waals surface area contributed by atoms with Crippen LogP contribution >= 0.6 is 0 Å². The van der Waals surface area contributed by atoms with E-state index in [4.69, 9.17) is 4.42 Å². The third-order valence-corrected chi connectivity index (χ3v) is 4.62. The highest BCUT2D eigenvalue weighted by molar-refractivity contribution is 5.91. The lowest BCUT2D eigenvalue weighted by Gasteiger charge is -2.37. The summed E-state index contributed by atoms with van der Waals surface area (Å²) >= 11 is 0. The summed E-state index contributed by atoms with van der Waals surface area (Å²) in [6.45, 7) is 4.44. The summed E-state index contributed by atoms with van der Waals surface area (Å²) in [6.07, 6.45) is 1.48. The van der Waals surface area contributed by atoms with Gasteiger partial charge in [-0.2, -0.15) is 0 Å². The van der Waals surface area contributed by atoms with Crippen LogP contribution < -0.4 is 5.32 Å². The lowest BCUT2D eigenvalue weighted by Crippen LogP contribution is -2.54. The van der Waals surface area contributed by atoms with Gasteiger partial charge in [0.05, 0.1) is 12.3 Å². The molecule has 1 N–H and O–H groups in total. The number of hydrogen-bond donors (Lipinski definition) is 1. The molecule has 0 radical (unpaired) electrons. The first-order valence-corrected chi connectivity index (χ1v) is 8.63. The Labute approximate surface area is 151 Å². The highest BCUT2D eigenvalue weighted by atomic mass is 19.1. The number of carbonyl (C=O) groups is 2. The van der Waals surface area contributed by atoms with Crippen molar-refractivity contribution in [2.75, 3.05) is 26.2 Å². The van der Waals surface area contributed by atoms with E-state index in [1.165, 1.54) is 18.4 Å². The average Bonchev–Trinajstić information content (AvgIpc) is 3.20. The Kier molecular flexibility index (Phi) is 5.68. The molecule has 6 nitrogen and oxygen atoms in total. The molecule has 0 bridgehead atoms. The Bertz CT molecular complexity index is 755. The third kappa shape index (κ3) is 4.29. The van der Waals surface area contributed by atoms with Crippen molar-refractivity contribution in [3.05, 3.63) is 59.8 Å². The number of furan rings is 1. The fourth-order valence-corrected chi connectivity index (χ4v) is 3.02. The van der Waals surface area contributed by atoms with Crippen LogP contribution in [-0.4, -0.2) is 53.8 Å². The maximum Gasteiger partial charge on any atom is 0.289 e. The molecule has 2 aromatic rings. The first-order chi connectivity index (χ1) is 12.5. The maximum atomic E-state index is 13.2. The summed E-state index contributed by atoms with van der Waals surface area (Å²) in [5, 5.41) is 2.84. The minimum Gasteiger partial charge on any atom is -0.459 e. The molecule has 1 aromatic heterocycles. The van der Waals surface area contributed by atoms with Crippen molar-refractivity contribution in [2.45, 2.75) is 19.5 Å². The van der Waals surface area contributed by atoms with Crippen LogP contribution in [0.5, 0.6) is 0 Å². The third-order valence-electron chi connectivity index (χ3n) is 4.62. The maximum absolute atomic E-state index is 13.2. The minimum atomic E-state index is -0.317. The zero-order valence-electron chi connectivity index (χ0n) is 14.7. The SMILES string of the molecule is C[C@@H](C(=O)NCc1cccc(F)c1)N1CCN(C(=O)c2ccco2)CC1. The minimum absolute atomic E-state index is 0.111. The van der Waals surface area contributed by atoms with E-state index in [0.717, 1.165) is 5.56 Å². The molecule has 26 heavy (non-hydrogen) atoms. The average molecular weight is 359 g/mol. The number of rotatable bonds is 5. The number of nitrogens with zero attached hydrogens (tertiary/aromatic N) is 2. The van der Waals surface area contributed by atoms with Crippen LogP contribution in [-0.2, 0) is 11.3 Å². The molecule has 2 amide bonds. The van der Waals surface area contributed by atoms with Crippen LogP contribution in [0.25, 0.3) is 0 Å². The summed E-state index contributed by atoms with van der Waals surface area (Å²) in [4.78, 5) is 28.4.